The fraction of sp³-hybridized carbons (Fsp3) is 0.167. The molecule has 0 saturated heterocycles. The monoisotopic (exact) mass is 398 g/mol. The molecule has 0 spiro atoms. The van der Waals surface area contributed by atoms with E-state index in [1.54, 1.807) is 30.3 Å². The minimum atomic E-state index is -0.566. The molecule has 25 heavy (non-hydrogen) atoms. The smallest absolute Gasteiger partial charge is 0.349 e. The summed E-state index contributed by atoms with van der Waals surface area (Å²) in [6.07, 6.45) is 0. The first-order valence-electron chi connectivity index (χ1n) is 7.31. The predicted octanol–water partition coefficient (Wildman–Crippen LogP) is 5.85. The van der Waals surface area contributed by atoms with Gasteiger partial charge in [0, 0.05) is 38.4 Å². The van der Waals surface area contributed by atoms with E-state index in [1.165, 1.54) is 24.5 Å². The number of hydrogen-bond acceptors (Lipinski definition) is 4. The molecule has 0 bridgehead atoms. The van der Waals surface area contributed by atoms with Crippen LogP contribution in [0.4, 0.5) is 4.39 Å². The van der Waals surface area contributed by atoms with E-state index < -0.39 is 11.8 Å². The number of thiophene rings is 1. The van der Waals surface area contributed by atoms with Gasteiger partial charge in [-0.25, -0.2) is 9.18 Å². The van der Waals surface area contributed by atoms with Crippen LogP contribution in [0.15, 0.2) is 36.4 Å². The second-order valence-corrected chi connectivity index (χ2v) is 7.10. The first-order valence-corrected chi connectivity index (χ1v) is 8.89. The van der Waals surface area contributed by atoms with Crippen LogP contribution in [0.5, 0.6) is 0 Å². The number of methoxy groups -OCH3 is 1. The Morgan fingerprint density at radius 2 is 1.76 bits per heavy atom. The van der Waals surface area contributed by atoms with Gasteiger partial charge in [-0.05, 0) is 24.3 Å². The van der Waals surface area contributed by atoms with Crippen molar-refractivity contribution in [2.45, 2.75) is 13.2 Å². The normalized spacial score (nSPS) is 11.0. The standard InChI is InChI=1S/C18H13Cl2FO3S/c1-23-8-11-16-14(21)6-3-7-15(16)25-17(11)18(22)24-9-10-12(19)4-2-5-13(10)20/h2-7H,8-9H2,1H3. The van der Waals surface area contributed by atoms with Gasteiger partial charge in [0.1, 0.15) is 17.3 Å². The maximum Gasteiger partial charge on any atom is 0.349 e. The van der Waals surface area contributed by atoms with Gasteiger partial charge >= 0.3 is 5.97 Å². The maximum atomic E-state index is 14.2. The van der Waals surface area contributed by atoms with Crippen LogP contribution in [0.25, 0.3) is 10.1 Å². The van der Waals surface area contributed by atoms with E-state index >= 15 is 0 Å². The van der Waals surface area contributed by atoms with E-state index in [9.17, 15) is 9.18 Å². The van der Waals surface area contributed by atoms with Crippen LogP contribution in [0.2, 0.25) is 10.0 Å². The Balaban J connectivity index is 1.92. The Kier molecular flexibility index (Phi) is 5.59. The molecule has 0 amide bonds. The van der Waals surface area contributed by atoms with E-state index in [-0.39, 0.29) is 13.2 Å². The molecule has 3 aromatic rings. The van der Waals surface area contributed by atoms with Gasteiger partial charge in [-0.1, -0.05) is 35.3 Å². The van der Waals surface area contributed by atoms with E-state index in [1.807, 2.05) is 0 Å². The summed E-state index contributed by atoms with van der Waals surface area (Å²) < 4.78 is 25.3. The van der Waals surface area contributed by atoms with Crippen LogP contribution in [0.3, 0.4) is 0 Å². The van der Waals surface area contributed by atoms with Crippen molar-refractivity contribution in [1.82, 2.24) is 0 Å². The van der Waals surface area contributed by atoms with Gasteiger partial charge in [0.2, 0.25) is 0 Å². The third-order valence-electron chi connectivity index (χ3n) is 3.65. The average Bonchev–Trinajstić information content (AvgIpc) is 2.95. The molecule has 7 heteroatoms. The quantitative estimate of drug-likeness (QED) is 0.505. The minimum Gasteiger partial charge on any atom is -0.457 e. The lowest BCUT2D eigenvalue weighted by atomic mass is 10.1. The molecule has 0 aliphatic rings. The highest BCUT2D eigenvalue weighted by molar-refractivity contribution is 7.21. The molecular weight excluding hydrogens is 386 g/mol. The van der Waals surface area contributed by atoms with Crippen molar-refractivity contribution in [2.24, 2.45) is 0 Å². The molecule has 0 N–H and O–H groups in total. The third kappa shape index (κ3) is 3.65. The summed E-state index contributed by atoms with van der Waals surface area (Å²) in [5.74, 6) is -0.961. The lowest BCUT2D eigenvalue weighted by Gasteiger charge is -2.09. The van der Waals surface area contributed by atoms with Crippen molar-refractivity contribution in [3.05, 3.63) is 68.3 Å². The van der Waals surface area contributed by atoms with Crippen LogP contribution in [0, 0.1) is 5.82 Å². The van der Waals surface area contributed by atoms with Crippen LogP contribution >= 0.6 is 34.5 Å². The topological polar surface area (TPSA) is 35.5 Å². The lowest BCUT2D eigenvalue weighted by molar-refractivity contribution is 0.0475. The maximum absolute atomic E-state index is 14.2. The zero-order valence-corrected chi connectivity index (χ0v) is 15.5. The molecule has 1 heterocycles. The second kappa shape index (κ2) is 7.70. The number of hydrogen-bond donors (Lipinski definition) is 0. The summed E-state index contributed by atoms with van der Waals surface area (Å²) >= 11 is 13.3. The molecule has 0 saturated carbocycles. The zero-order chi connectivity index (χ0) is 18.0. The predicted molar refractivity (Wildman–Crippen MR) is 98.1 cm³/mol. The van der Waals surface area contributed by atoms with Crippen molar-refractivity contribution in [1.29, 1.82) is 0 Å². The largest absolute Gasteiger partial charge is 0.457 e. The summed E-state index contributed by atoms with van der Waals surface area (Å²) in [5.41, 5.74) is 1.01. The Morgan fingerprint density at radius 3 is 2.44 bits per heavy atom. The number of esters is 1. The number of benzene rings is 2. The summed E-state index contributed by atoms with van der Waals surface area (Å²) in [7, 11) is 1.49. The first-order chi connectivity index (χ1) is 12.0. The van der Waals surface area contributed by atoms with Gasteiger partial charge in [-0.2, -0.15) is 0 Å². The summed E-state index contributed by atoms with van der Waals surface area (Å²) in [6.45, 7) is 0.0404. The summed E-state index contributed by atoms with van der Waals surface area (Å²) in [6, 6.07) is 9.76. The van der Waals surface area contributed by atoms with Crippen LogP contribution in [-0.2, 0) is 22.7 Å². The fourth-order valence-electron chi connectivity index (χ4n) is 2.49. The SMILES string of the molecule is COCc1c(C(=O)OCc2c(Cl)cccc2Cl)sc2cccc(F)c12. The highest BCUT2D eigenvalue weighted by Gasteiger charge is 2.22. The number of carbonyl (C=O) groups is 1. The molecule has 3 nitrogen and oxygen atoms in total. The van der Waals surface area contributed by atoms with Crippen molar-refractivity contribution in [3.63, 3.8) is 0 Å². The Morgan fingerprint density at radius 1 is 1.08 bits per heavy atom. The van der Waals surface area contributed by atoms with Crippen LogP contribution < -0.4 is 0 Å². The molecule has 3 rings (SSSR count). The van der Waals surface area contributed by atoms with Crippen molar-refractivity contribution in [2.75, 3.05) is 7.11 Å². The van der Waals surface area contributed by atoms with E-state index in [2.05, 4.69) is 0 Å². The molecule has 0 aliphatic carbocycles. The number of halogens is 3. The third-order valence-corrected chi connectivity index (χ3v) is 5.53. The average molecular weight is 399 g/mol. The Hall–Kier alpha value is -1.66. The molecule has 0 fully saturated rings. The van der Waals surface area contributed by atoms with Gasteiger partial charge in [0.05, 0.1) is 6.61 Å². The number of rotatable bonds is 5. The van der Waals surface area contributed by atoms with Crippen LogP contribution in [-0.4, -0.2) is 13.1 Å². The minimum absolute atomic E-state index is 0.0690. The second-order valence-electron chi connectivity index (χ2n) is 5.23. The van der Waals surface area contributed by atoms with Crippen molar-refractivity contribution >= 4 is 50.6 Å². The first kappa shape index (κ1) is 18.1. The highest BCUT2D eigenvalue weighted by Crippen LogP contribution is 2.34. The van der Waals surface area contributed by atoms with Crippen molar-refractivity contribution in [3.8, 4) is 0 Å². The van der Waals surface area contributed by atoms with Crippen LogP contribution in [0.1, 0.15) is 20.8 Å². The lowest BCUT2D eigenvalue weighted by Crippen LogP contribution is -2.07. The van der Waals surface area contributed by atoms with Crippen molar-refractivity contribution < 1.29 is 18.7 Å². The molecule has 0 atom stereocenters. The molecule has 0 aliphatic heterocycles. The number of carbonyl (C=O) groups excluding carboxylic acids is 1. The van der Waals surface area contributed by atoms with Gasteiger partial charge in [0.15, 0.2) is 0 Å². The number of ether oxygens (including phenoxy) is 2. The van der Waals surface area contributed by atoms with Gasteiger partial charge in [0.25, 0.3) is 0 Å². The Bertz CT molecular complexity index is 919. The summed E-state index contributed by atoms with van der Waals surface area (Å²) in [4.78, 5) is 12.9. The molecule has 0 radical (unpaired) electrons. The molecule has 1 aromatic heterocycles. The van der Waals surface area contributed by atoms with Gasteiger partial charge < -0.3 is 9.47 Å². The van der Waals surface area contributed by atoms with E-state index in [4.69, 9.17) is 32.7 Å². The molecule has 2 aromatic carbocycles. The molecule has 0 unspecified atom stereocenters. The molecular formula is C18H13Cl2FO3S. The zero-order valence-electron chi connectivity index (χ0n) is 13.1. The van der Waals surface area contributed by atoms with E-state index in [0.717, 1.165) is 0 Å². The number of fused-ring (bicyclic) bond motifs is 1. The van der Waals surface area contributed by atoms with E-state index in [0.29, 0.717) is 36.1 Å². The summed E-state index contributed by atoms with van der Waals surface area (Å²) in [5, 5.41) is 1.22. The van der Waals surface area contributed by atoms with Gasteiger partial charge in [-0.3, -0.25) is 0 Å². The molecule has 130 valence electrons. The van der Waals surface area contributed by atoms with Gasteiger partial charge in [-0.15, -0.1) is 11.3 Å². The highest BCUT2D eigenvalue weighted by atomic mass is 35.5. The fourth-order valence-corrected chi connectivity index (χ4v) is 4.11. The Labute approximate surface area is 157 Å².